The van der Waals surface area contributed by atoms with E-state index in [1.54, 1.807) is 21.0 Å². The maximum atomic E-state index is 7.21. The summed E-state index contributed by atoms with van der Waals surface area (Å²) in [6.07, 6.45) is 4.94. The average Bonchev–Trinajstić information content (AvgIpc) is 1.94. The second kappa shape index (κ2) is 3.45. The molecule has 1 rings (SSSR count). The summed E-state index contributed by atoms with van der Waals surface area (Å²) in [4.78, 5) is 0. The summed E-state index contributed by atoms with van der Waals surface area (Å²) < 4.78 is 3.37. The van der Waals surface area contributed by atoms with Gasteiger partial charge in [-0.3, -0.25) is 9.98 Å². The van der Waals surface area contributed by atoms with Crippen LogP contribution in [0.5, 0.6) is 0 Å². The van der Waals surface area contributed by atoms with Crippen molar-refractivity contribution < 1.29 is 0 Å². The molecule has 4 nitrogen and oxygen atoms in total. The second-order valence-electron chi connectivity index (χ2n) is 1.52. The molecule has 0 atom stereocenters. The molecule has 5 heteroatoms. The van der Waals surface area contributed by atoms with E-state index >= 15 is 0 Å². The Morgan fingerprint density at radius 3 is 3.10 bits per heavy atom. The van der Waals surface area contributed by atoms with E-state index < -0.39 is 0 Å². The summed E-state index contributed by atoms with van der Waals surface area (Å²) in [5.41, 5.74) is 0.135. The molecular formula is C5H5IN4. The maximum absolute atomic E-state index is 7.21. The Balaban J connectivity index is 3.16. The molecule has 0 aliphatic carbocycles. The molecule has 1 aromatic heterocycles. The molecule has 0 aliphatic rings. The van der Waals surface area contributed by atoms with E-state index in [0.29, 0.717) is 0 Å². The van der Waals surface area contributed by atoms with Crippen molar-refractivity contribution >= 4 is 28.8 Å². The van der Waals surface area contributed by atoms with Crippen LogP contribution in [0.4, 0.5) is 0 Å². The van der Waals surface area contributed by atoms with E-state index in [1.165, 1.54) is 6.20 Å². The molecule has 0 aliphatic heterocycles. The van der Waals surface area contributed by atoms with Crippen LogP contribution in [0.15, 0.2) is 16.5 Å². The minimum absolute atomic E-state index is 0.135. The van der Waals surface area contributed by atoms with Crippen molar-refractivity contribution in [2.24, 2.45) is 0 Å². The molecule has 0 fully saturated rings. The Kier molecular flexibility index (Phi) is 2.55. The van der Waals surface area contributed by atoms with Crippen molar-refractivity contribution in [3.63, 3.8) is 0 Å². The Morgan fingerprint density at radius 1 is 1.70 bits per heavy atom. The number of halogens is 1. The van der Waals surface area contributed by atoms with E-state index in [0.717, 1.165) is 0 Å². The van der Waals surface area contributed by atoms with Crippen LogP contribution in [0.3, 0.4) is 0 Å². The van der Waals surface area contributed by atoms with Crippen LogP contribution in [-0.4, -0.2) is 14.8 Å². The van der Waals surface area contributed by atoms with Gasteiger partial charge < -0.3 is 0 Å². The zero-order valence-corrected chi connectivity index (χ0v) is 7.19. The summed E-state index contributed by atoms with van der Waals surface area (Å²) in [6.45, 7) is 0. The van der Waals surface area contributed by atoms with Crippen LogP contribution in [0.25, 0.3) is 6.20 Å². The van der Waals surface area contributed by atoms with E-state index in [9.17, 15) is 0 Å². The lowest BCUT2D eigenvalue weighted by Crippen LogP contribution is -2.18. The van der Waals surface area contributed by atoms with Crippen molar-refractivity contribution in [2.75, 3.05) is 0 Å². The smallest absolute Gasteiger partial charge is 0.246 e. The van der Waals surface area contributed by atoms with Gasteiger partial charge in [0.15, 0.2) is 0 Å². The predicted octanol–water partition coefficient (Wildman–Crippen LogP) is 0.621. The SMILES string of the molecule is N=c1nnccn1/C=C\I. The molecule has 0 unspecified atom stereocenters. The number of hydrogen-bond acceptors (Lipinski definition) is 3. The molecule has 1 N–H and O–H groups in total. The van der Waals surface area contributed by atoms with Gasteiger partial charge in [0, 0.05) is 12.4 Å². The molecule has 0 radical (unpaired) electrons. The molecule has 52 valence electrons. The Hall–Kier alpha value is -0.720. The van der Waals surface area contributed by atoms with Gasteiger partial charge in [0.25, 0.3) is 0 Å². The highest BCUT2D eigenvalue weighted by Crippen LogP contribution is 1.85. The zero-order valence-electron chi connectivity index (χ0n) is 5.03. The normalized spacial score (nSPS) is 10.5. The minimum atomic E-state index is 0.135. The topological polar surface area (TPSA) is 54.6 Å². The first-order valence-electron chi connectivity index (χ1n) is 2.56. The van der Waals surface area contributed by atoms with Gasteiger partial charge in [-0.1, -0.05) is 22.6 Å². The van der Waals surface area contributed by atoms with E-state index in [1.807, 2.05) is 0 Å². The van der Waals surface area contributed by atoms with Crippen molar-refractivity contribution in [3.05, 3.63) is 22.1 Å². The highest BCUT2D eigenvalue weighted by Gasteiger charge is 1.82. The number of hydrogen-bond donors (Lipinski definition) is 1. The predicted molar refractivity (Wildman–Crippen MR) is 45.2 cm³/mol. The quantitative estimate of drug-likeness (QED) is 0.740. The monoisotopic (exact) mass is 248 g/mol. The lowest BCUT2D eigenvalue weighted by Gasteiger charge is -1.92. The van der Waals surface area contributed by atoms with Crippen molar-refractivity contribution in [1.82, 2.24) is 14.8 Å². The number of rotatable bonds is 1. The van der Waals surface area contributed by atoms with Crippen molar-refractivity contribution in [1.29, 1.82) is 5.41 Å². The molecule has 0 aromatic carbocycles. The Bertz CT molecular complexity index is 290. The third-order valence-electron chi connectivity index (χ3n) is 0.908. The van der Waals surface area contributed by atoms with Crippen LogP contribution >= 0.6 is 22.6 Å². The second-order valence-corrected chi connectivity index (χ2v) is 2.24. The molecule has 0 bridgehead atoms. The Morgan fingerprint density at radius 2 is 2.50 bits per heavy atom. The standard InChI is InChI=1S/C5H5IN4/c6-1-3-10-4-2-8-9-5(10)7/h1-4,7H/b3-1-,7-5?. The third kappa shape index (κ3) is 1.63. The van der Waals surface area contributed by atoms with Gasteiger partial charge in [0.2, 0.25) is 5.62 Å². The van der Waals surface area contributed by atoms with Crippen molar-refractivity contribution in [2.45, 2.75) is 0 Å². The van der Waals surface area contributed by atoms with Crippen LogP contribution in [-0.2, 0) is 0 Å². The highest BCUT2D eigenvalue weighted by molar-refractivity contribution is 14.1. The molecule has 1 aromatic rings. The van der Waals surface area contributed by atoms with Crippen molar-refractivity contribution in [3.8, 4) is 0 Å². The average molecular weight is 248 g/mol. The zero-order chi connectivity index (χ0) is 7.40. The van der Waals surface area contributed by atoms with Gasteiger partial charge in [-0.2, -0.15) is 5.10 Å². The van der Waals surface area contributed by atoms with Gasteiger partial charge in [0.1, 0.15) is 0 Å². The number of nitrogens with one attached hydrogen (secondary N) is 1. The fourth-order valence-corrected chi connectivity index (χ4v) is 0.839. The number of aromatic nitrogens is 3. The van der Waals surface area contributed by atoms with Gasteiger partial charge in [-0.25, -0.2) is 0 Å². The first-order valence-corrected chi connectivity index (χ1v) is 3.80. The highest BCUT2D eigenvalue weighted by atomic mass is 127. The van der Waals surface area contributed by atoms with Crippen LogP contribution in [0.1, 0.15) is 0 Å². The van der Waals surface area contributed by atoms with Gasteiger partial charge in [-0.15, -0.1) is 5.10 Å². The van der Waals surface area contributed by atoms with E-state index in [2.05, 4.69) is 32.8 Å². The lowest BCUT2D eigenvalue weighted by molar-refractivity contribution is 0.800. The van der Waals surface area contributed by atoms with Gasteiger partial charge in [-0.05, 0) is 4.08 Å². The molecule has 1 heterocycles. The molecular weight excluding hydrogens is 243 g/mol. The van der Waals surface area contributed by atoms with Gasteiger partial charge in [0.05, 0.1) is 6.20 Å². The van der Waals surface area contributed by atoms with E-state index in [-0.39, 0.29) is 5.62 Å². The summed E-state index contributed by atoms with van der Waals surface area (Å²) >= 11 is 2.07. The van der Waals surface area contributed by atoms with Crippen LogP contribution < -0.4 is 5.62 Å². The largest absolute Gasteiger partial charge is 0.290 e. The van der Waals surface area contributed by atoms with Gasteiger partial charge >= 0.3 is 0 Å². The lowest BCUT2D eigenvalue weighted by atomic mass is 10.8. The first kappa shape index (κ1) is 7.39. The molecule has 0 amide bonds. The first-order chi connectivity index (χ1) is 4.84. The van der Waals surface area contributed by atoms with E-state index in [4.69, 9.17) is 5.41 Å². The molecule has 0 spiro atoms. The third-order valence-corrected chi connectivity index (χ3v) is 1.23. The summed E-state index contributed by atoms with van der Waals surface area (Å²) in [6, 6.07) is 0. The fraction of sp³-hybridized carbons (Fsp3) is 0. The summed E-state index contributed by atoms with van der Waals surface area (Å²) in [5, 5.41) is 14.3. The number of nitrogens with zero attached hydrogens (tertiary/aromatic N) is 3. The summed E-state index contributed by atoms with van der Waals surface area (Å²) in [7, 11) is 0. The minimum Gasteiger partial charge on any atom is -0.290 e. The molecule has 0 saturated heterocycles. The maximum Gasteiger partial charge on any atom is 0.246 e. The van der Waals surface area contributed by atoms with Crippen LogP contribution in [0, 0.1) is 5.41 Å². The molecule has 10 heavy (non-hydrogen) atoms. The van der Waals surface area contributed by atoms with Crippen LogP contribution in [0.2, 0.25) is 0 Å². The Labute approximate surface area is 71.3 Å². The summed E-state index contributed by atoms with van der Waals surface area (Å²) in [5.74, 6) is 0. The fourth-order valence-electron chi connectivity index (χ4n) is 0.493. The molecule has 0 saturated carbocycles.